The van der Waals surface area contributed by atoms with Gasteiger partial charge in [0.1, 0.15) is 51.1 Å². The zero-order valence-corrected chi connectivity index (χ0v) is 55.9. The minimum Gasteiger partial charge on any atom is -0.459 e. The van der Waals surface area contributed by atoms with Crippen molar-refractivity contribution >= 4 is 82.5 Å². The number of carbonyl (C=O) groups is 10. The summed E-state index contributed by atoms with van der Waals surface area (Å²) in [6.07, 6.45) is 7.04. The second-order valence-corrected chi connectivity index (χ2v) is 27.0. The fourth-order valence-electron chi connectivity index (χ4n) is 15.8. The number of hydrogen-bond donors (Lipinski definition) is 0. The summed E-state index contributed by atoms with van der Waals surface area (Å²) in [5.74, 6) is -12.4. The Kier molecular flexibility index (Phi) is 18.1. The van der Waals surface area contributed by atoms with Crippen LogP contribution in [0.1, 0.15) is 118 Å². The lowest BCUT2D eigenvalue weighted by molar-refractivity contribution is -0.166. The zero-order chi connectivity index (χ0) is 71.0. The lowest BCUT2D eigenvalue weighted by Crippen LogP contribution is -2.47. The van der Waals surface area contributed by atoms with Crippen LogP contribution in [-0.2, 0) is 132 Å². The van der Waals surface area contributed by atoms with Crippen LogP contribution in [0.4, 0.5) is 0 Å². The molecule has 7 aliphatic rings. The summed E-state index contributed by atoms with van der Waals surface area (Å²) in [7, 11) is 0. The molecular weight excluding hydrogens is 1300 g/mol. The molecule has 8 aromatic carbocycles. The standard InChI is InChI=1S/C85H68N2O16/c88-73-59-35-19-20-36-60(59)74(89)71(73)86-69-41-57-39-67-63(43-65(57)84(69,79(94)100-47-53-27-11-3-12-28-53)80(95)101-48-54-29-13-4-14-30-54)64-44-66-58(40-68(64)83(67,77(92)98-45-51-23-7-1-8-24-51)78(93)99-46-52-25-9-2-10-26-52)42-70(87-72-75(90)61-37-21-22-38-62(61)76(72)91)85(66,81(96)102-49-55-31-15-5-16-32-55)82(97)103-50-56-33-17-6-18-34-56/h1-18,23-34,39-44,59-62H,19-22,35-38,45-50H2. The zero-order valence-electron chi connectivity index (χ0n) is 55.9. The maximum Gasteiger partial charge on any atom is 0.334 e. The minimum absolute atomic E-state index is 0.0222. The molecule has 0 N–H and O–H groups in total. The molecule has 0 aliphatic heterocycles. The van der Waals surface area contributed by atoms with Crippen LogP contribution in [0.2, 0.25) is 0 Å². The molecule has 0 saturated heterocycles. The minimum atomic E-state index is -2.83. The summed E-state index contributed by atoms with van der Waals surface area (Å²) in [6.45, 7) is -2.40. The van der Waals surface area contributed by atoms with Gasteiger partial charge >= 0.3 is 35.8 Å². The van der Waals surface area contributed by atoms with Gasteiger partial charge in [0.15, 0.2) is 23.1 Å². The van der Waals surface area contributed by atoms with Crippen molar-refractivity contribution in [3.05, 3.63) is 284 Å². The molecular formula is C85H68N2O16. The average molecular weight is 1370 g/mol. The van der Waals surface area contributed by atoms with Crippen molar-refractivity contribution in [1.29, 1.82) is 0 Å². The van der Waals surface area contributed by atoms with Gasteiger partial charge in [0.05, 0.1) is 11.4 Å². The van der Waals surface area contributed by atoms with Crippen molar-refractivity contribution in [3.8, 4) is 11.1 Å². The number of benzene rings is 8. The van der Waals surface area contributed by atoms with Gasteiger partial charge in [-0.25, -0.2) is 9.98 Å². The van der Waals surface area contributed by atoms with Crippen LogP contribution in [0.5, 0.6) is 0 Å². The molecule has 4 atom stereocenters. The van der Waals surface area contributed by atoms with Gasteiger partial charge < -0.3 is 28.4 Å². The Labute approximate surface area is 592 Å². The van der Waals surface area contributed by atoms with Crippen molar-refractivity contribution in [2.45, 2.75) is 107 Å². The molecule has 0 radical (unpaired) electrons. The summed E-state index contributed by atoms with van der Waals surface area (Å²) in [4.78, 5) is 166. The van der Waals surface area contributed by atoms with E-state index in [0.717, 1.165) is 0 Å². The summed E-state index contributed by atoms with van der Waals surface area (Å²) in [5, 5.41) is 0. The third-order valence-electron chi connectivity index (χ3n) is 21.0. The van der Waals surface area contributed by atoms with E-state index < -0.39 is 161 Å². The van der Waals surface area contributed by atoms with Gasteiger partial charge in [-0.3, -0.25) is 47.9 Å². The summed E-state index contributed by atoms with van der Waals surface area (Å²) in [5.41, 5.74) is -8.00. The lowest BCUT2D eigenvalue weighted by Gasteiger charge is -2.30. The fourth-order valence-corrected chi connectivity index (χ4v) is 15.8. The molecule has 15 rings (SSSR count). The molecule has 103 heavy (non-hydrogen) atoms. The molecule has 18 heteroatoms. The van der Waals surface area contributed by atoms with Gasteiger partial charge in [-0.05, 0) is 140 Å². The Morgan fingerprint density at radius 2 is 0.524 bits per heavy atom. The van der Waals surface area contributed by atoms with E-state index in [2.05, 4.69) is 0 Å². The Hall–Kier alpha value is -11.9. The highest BCUT2D eigenvalue weighted by Gasteiger charge is 2.65. The number of nitrogens with zero attached hydrogens (tertiary/aromatic N) is 2. The molecule has 514 valence electrons. The lowest BCUT2D eigenvalue weighted by atomic mass is 9.74. The van der Waals surface area contributed by atoms with Gasteiger partial charge in [0, 0.05) is 23.7 Å². The quantitative estimate of drug-likeness (QED) is 0.0391. The molecule has 0 amide bonds. The molecule has 18 nitrogen and oxygen atoms in total. The number of ether oxygens (including phenoxy) is 6. The van der Waals surface area contributed by atoms with E-state index >= 15 is 28.8 Å². The first kappa shape index (κ1) is 66.9. The number of aliphatic imine (C=N–C) groups is 2. The predicted molar refractivity (Wildman–Crippen MR) is 375 cm³/mol. The monoisotopic (exact) mass is 1370 g/mol. The highest BCUT2D eigenvalue weighted by Crippen LogP contribution is 2.59. The summed E-state index contributed by atoms with van der Waals surface area (Å²) < 4.78 is 37.8. The van der Waals surface area contributed by atoms with Crippen LogP contribution >= 0.6 is 0 Å². The number of rotatable bonds is 20. The van der Waals surface area contributed by atoms with E-state index in [-0.39, 0.29) is 44.5 Å². The maximum absolute atomic E-state index is 16.4. The normalized spacial score (nSPS) is 19.6. The van der Waals surface area contributed by atoms with Gasteiger partial charge in [-0.2, -0.15) is 0 Å². The second kappa shape index (κ2) is 27.9. The van der Waals surface area contributed by atoms with Crippen LogP contribution < -0.4 is 0 Å². The Morgan fingerprint density at radius 3 is 0.757 bits per heavy atom. The number of esters is 6. The smallest absolute Gasteiger partial charge is 0.334 e. The Morgan fingerprint density at radius 1 is 0.301 bits per heavy atom. The van der Waals surface area contributed by atoms with Crippen LogP contribution in [0, 0.1) is 23.7 Å². The maximum atomic E-state index is 16.4. The van der Waals surface area contributed by atoms with Crippen LogP contribution in [-0.4, -0.2) is 70.4 Å². The topological polar surface area (TPSA) is 251 Å². The van der Waals surface area contributed by atoms with Crippen LogP contribution in [0.3, 0.4) is 0 Å². The number of Topliss-reactive ketones (excluding diaryl/α,β-unsaturated/α-hetero) is 4. The first-order valence-electron chi connectivity index (χ1n) is 34.6. The highest BCUT2D eigenvalue weighted by molar-refractivity contribution is 6.71. The molecule has 0 heterocycles. The highest BCUT2D eigenvalue weighted by atomic mass is 16.6. The van der Waals surface area contributed by atoms with Gasteiger partial charge in [0.25, 0.3) is 0 Å². The number of fused-ring (bicyclic) bond motifs is 7. The Bertz CT molecular complexity index is 4460. The third kappa shape index (κ3) is 11.7. The predicted octanol–water partition coefficient (Wildman–Crippen LogP) is 12.4. The van der Waals surface area contributed by atoms with Crippen molar-refractivity contribution in [3.63, 3.8) is 0 Å². The van der Waals surface area contributed by atoms with Gasteiger partial charge in [-0.1, -0.05) is 208 Å². The van der Waals surface area contributed by atoms with E-state index in [1.165, 1.54) is 36.4 Å². The largest absolute Gasteiger partial charge is 0.459 e. The van der Waals surface area contributed by atoms with E-state index in [9.17, 15) is 19.2 Å². The van der Waals surface area contributed by atoms with Gasteiger partial charge in [0.2, 0.25) is 16.2 Å². The SMILES string of the molecule is O=C1C(=NC2=Cc3cc4c(cc3C2(C(=O)OCc2ccccc2)C(=O)OCc2ccccc2)-c2cc3c(cc2C4(C(=O)OCc2ccccc2)C(=O)OCc2ccccc2)C=C(N=C2C(=O)C4CCCCC4C2=O)C3(C(=O)OCc2ccccc2)C(=O)OCc2ccccc2)C(=O)C2CCCCC12. The van der Waals surface area contributed by atoms with E-state index in [4.69, 9.17) is 38.4 Å². The second-order valence-electron chi connectivity index (χ2n) is 27.0. The van der Waals surface area contributed by atoms with Crippen molar-refractivity contribution < 1.29 is 76.4 Å². The van der Waals surface area contributed by atoms with E-state index in [0.29, 0.717) is 84.7 Å². The summed E-state index contributed by atoms with van der Waals surface area (Å²) in [6, 6.07) is 57.6. The molecule has 8 aromatic rings. The van der Waals surface area contributed by atoms with Crippen LogP contribution in [0.15, 0.2) is 228 Å². The molecule has 7 aliphatic carbocycles. The molecule has 0 aromatic heterocycles. The number of hydrogen-bond acceptors (Lipinski definition) is 18. The van der Waals surface area contributed by atoms with E-state index in [1.807, 2.05) is 0 Å². The third-order valence-corrected chi connectivity index (χ3v) is 21.0. The van der Waals surface area contributed by atoms with Crippen LogP contribution in [0.25, 0.3) is 23.3 Å². The molecule has 0 bridgehead atoms. The van der Waals surface area contributed by atoms with Gasteiger partial charge in [-0.15, -0.1) is 0 Å². The number of ketones is 4. The molecule has 4 unspecified atom stereocenters. The van der Waals surface area contributed by atoms with E-state index in [1.54, 1.807) is 182 Å². The summed E-state index contributed by atoms with van der Waals surface area (Å²) >= 11 is 0. The molecule has 0 spiro atoms. The average Bonchev–Trinajstić information content (AvgIpc) is 1.51. The first-order chi connectivity index (χ1) is 50.2. The van der Waals surface area contributed by atoms with Crippen molar-refractivity contribution in [2.75, 3.05) is 0 Å². The number of carbonyl (C=O) groups excluding carboxylic acids is 10. The Balaban J connectivity index is 1.01. The fraction of sp³-hybridized carbons (Fsp3) is 0.247. The molecule has 4 saturated carbocycles. The van der Waals surface area contributed by atoms with Crippen molar-refractivity contribution in [2.24, 2.45) is 33.7 Å². The first-order valence-corrected chi connectivity index (χ1v) is 34.6. The van der Waals surface area contributed by atoms with Crippen molar-refractivity contribution in [1.82, 2.24) is 0 Å². The molecule has 4 fully saturated rings.